The van der Waals surface area contributed by atoms with Crippen LogP contribution in [0.25, 0.3) is 0 Å². The first-order valence-corrected chi connectivity index (χ1v) is 8.62. The van der Waals surface area contributed by atoms with E-state index < -0.39 is 17.8 Å². The first-order valence-electron chi connectivity index (χ1n) is 8.25. The largest absolute Gasteiger partial charge is 0.481 e. The van der Waals surface area contributed by atoms with Crippen molar-refractivity contribution in [2.45, 2.75) is 31.7 Å². The molecule has 7 heteroatoms. The van der Waals surface area contributed by atoms with Crippen LogP contribution in [0.2, 0.25) is 5.02 Å². The van der Waals surface area contributed by atoms with Crippen molar-refractivity contribution in [3.8, 4) is 0 Å². The van der Waals surface area contributed by atoms with E-state index in [1.807, 2.05) is 6.08 Å². The summed E-state index contributed by atoms with van der Waals surface area (Å²) in [7, 11) is 0. The topological polar surface area (TPSA) is 95.5 Å². The van der Waals surface area contributed by atoms with Gasteiger partial charge in [-0.2, -0.15) is 0 Å². The van der Waals surface area contributed by atoms with Crippen molar-refractivity contribution < 1.29 is 19.5 Å². The number of allylic oxidation sites excluding steroid dienone is 2. The van der Waals surface area contributed by atoms with E-state index in [1.165, 1.54) is 6.07 Å². The molecule has 6 nitrogen and oxygen atoms in total. The number of amides is 2. The molecule has 3 rings (SSSR count). The van der Waals surface area contributed by atoms with Crippen molar-refractivity contribution in [3.05, 3.63) is 40.9 Å². The van der Waals surface area contributed by atoms with Gasteiger partial charge in [0.05, 0.1) is 22.4 Å². The van der Waals surface area contributed by atoms with Crippen molar-refractivity contribution in [3.63, 3.8) is 0 Å². The molecule has 0 bridgehead atoms. The summed E-state index contributed by atoms with van der Waals surface area (Å²) in [5, 5.41) is 15.1. The van der Waals surface area contributed by atoms with Gasteiger partial charge < -0.3 is 15.7 Å². The second kappa shape index (κ2) is 7.27. The summed E-state index contributed by atoms with van der Waals surface area (Å²) in [5.41, 5.74) is 0.798. The second-order valence-electron chi connectivity index (χ2n) is 6.43. The highest BCUT2D eigenvalue weighted by Crippen LogP contribution is 2.28. The van der Waals surface area contributed by atoms with Crippen LogP contribution in [0.4, 0.5) is 5.69 Å². The molecule has 0 spiro atoms. The summed E-state index contributed by atoms with van der Waals surface area (Å²) < 4.78 is 0. The fraction of sp³-hybridized carbons (Fsp3) is 0.389. The maximum Gasteiger partial charge on any atom is 0.307 e. The number of anilines is 1. The van der Waals surface area contributed by atoms with Gasteiger partial charge in [0.15, 0.2) is 0 Å². The zero-order valence-corrected chi connectivity index (χ0v) is 14.3. The number of halogens is 1. The van der Waals surface area contributed by atoms with Crippen molar-refractivity contribution in [1.29, 1.82) is 0 Å². The van der Waals surface area contributed by atoms with E-state index in [4.69, 9.17) is 11.6 Å². The Bertz CT molecular complexity index is 743. The van der Waals surface area contributed by atoms with Crippen LogP contribution in [0.1, 0.15) is 36.0 Å². The number of carbonyl (C=O) groups excluding carboxylic acids is 2. The molecular weight excluding hydrogens is 344 g/mol. The molecule has 2 aliphatic carbocycles. The summed E-state index contributed by atoms with van der Waals surface area (Å²) in [6, 6.07) is 4.90. The SMILES string of the molecule is O=C(NC1CC1)c1ccc(NC(=O)[C@@H]2CC=CC[C@H]2C(=O)O)cc1Cl. The summed E-state index contributed by atoms with van der Waals surface area (Å²) in [6.45, 7) is 0. The number of hydrogen-bond donors (Lipinski definition) is 3. The van der Waals surface area contributed by atoms with E-state index in [2.05, 4.69) is 10.6 Å². The molecule has 1 aromatic carbocycles. The number of carboxylic acids is 1. The Hall–Kier alpha value is -2.34. The first kappa shape index (κ1) is 17.5. The Kier molecular flexibility index (Phi) is 5.08. The van der Waals surface area contributed by atoms with Crippen LogP contribution in [0.15, 0.2) is 30.4 Å². The lowest BCUT2D eigenvalue weighted by Gasteiger charge is -2.24. The van der Waals surface area contributed by atoms with Gasteiger partial charge in [0.25, 0.3) is 5.91 Å². The van der Waals surface area contributed by atoms with Crippen LogP contribution < -0.4 is 10.6 Å². The Morgan fingerprint density at radius 2 is 1.76 bits per heavy atom. The zero-order valence-electron chi connectivity index (χ0n) is 13.5. The van der Waals surface area contributed by atoms with Gasteiger partial charge in [0.1, 0.15) is 0 Å². The number of rotatable bonds is 5. The highest BCUT2D eigenvalue weighted by molar-refractivity contribution is 6.34. The van der Waals surface area contributed by atoms with E-state index in [-0.39, 0.29) is 22.9 Å². The molecule has 3 N–H and O–H groups in total. The minimum Gasteiger partial charge on any atom is -0.481 e. The van der Waals surface area contributed by atoms with Crippen LogP contribution in [0.3, 0.4) is 0 Å². The Morgan fingerprint density at radius 1 is 1.08 bits per heavy atom. The van der Waals surface area contributed by atoms with Gasteiger partial charge in [-0.15, -0.1) is 0 Å². The number of aliphatic carboxylic acids is 1. The van der Waals surface area contributed by atoms with Gasteiger partial charge in [-0.1, -0.05) is 23.8 Å². The molecule has 1 fully saturated rings. The average molecular weight is 363 g/mol. The number of nitrogens with one attached hydrogen (secondary N) is 2. The molecule has 2 atom stereocenters. The quantitative estimate of drug-likeness (QED) is 0.702. The van der Waals surface area contributed by atoms with Gasteiger partial charge in [0.2, 0.25) is 5.91 Å². The lowest BCUT2D eigenvalue weighted by molar-refractivity contribution is -0.146. The molecule has 132 valence electrons. The van der Waals surface area contributed by atoms with Gasteiger partial charge >= 0.3 is 5.97 Å². The molecule has 0 aromatic heterocycles. The van der Waals surface area contributed by atoms with E-state index in [9.17, 15) is 19.5 Å². The third-order valence-electron chi connectivity index (χ3n) is 4.48. The number of benzene rings is 1. The summed E-state index contributed by atoms with van der Waals surface area (Å²) in [5.74, 6) is -2.92. The fourth-order valence-corrected chi connectivity index (χ4v) is 3.15. The van der Waals surface area contributed by atoms with E-state index in [0.717, 1.165) is 12.8 Å². The smallest absolute Gasteiger partial charge is 0.307 e. The van der Waals surface area contributed by atoms with Crippen LogP contribution in [-0.2, 0) is 9.59 Å². The minimum absolute atomic E-state index is 0.228. The van der Waals surface area contributed by atoms with Crippen LogP contribution in [-0.4, -0.2) is 28.9 Å². The van der Waals surface area contributed by atoms with Gasteiger partial charge in [-0.25, -0.2) is 0 Å². The molecule has 0 heterocycles. The van der Waals surface area contributed by atoms with E-state index in [1.54, 1.807) is 18.2 Å². The van der Waals surface area contributed by atoms with Crippen molar-refractivity contribution >= 4 is 35.1 Å². The fourth-order valence-electron chi connectivity index (χ4n) is 2.88. The van der Waals surface area contributed by atoms with E-state index in [0.29, 0.717) is 24.1 Å². The molecule has 1 saturated carbocycles. The summed E-state index contributed by atoms with van der Waals surface area (Å²) >= 11 is 6.16. The number of carbonyl (C=O) groups is 3. The average Bonchev–Trinajstić information content (AvgIpc) is 3.38. The summed E-state index contributed by atoms with van der Waals surface area (Å²) in [4.78, 5) is 35.8. The molecule has 2 aliphatic rings. The molecule has 0 unspecified atom stereocenters. The van der Waals surface area contributed by atoms with Crippen molar-refractivity contribution in [1.82, 2.24) is 5.32 Å². The van der Waals surface area contributed by atoms with Gasteiger partial charge in [0, 0.05) is 11.7 Å². The predicted octanol–water partition coefficient (Wildman–Crippen LogP) is 2.84. The lowest BCUT2D eigenvalue weighted by Crippen LogP contribution is -2.34. The molecule has 0 radical (unpaired) electrons. The van der Waals surface area contributed by atoms with Crippen LogP contribution >= 0.6 is 11.6 Å². The molecule has 25 heavy (non-hydrogen) atoms. The number of hydrogen-bond acceptors (Lipinski definition) is 3. The maximum atomic E-state index is 12.4. The highest BCUT2D eigenvalue weighted by atomic mass is 35.5. The maximum absolute atomic E-state index is 12.4. The summed E-state index contributed by atoms with van der Waals surface area (Å²) in [6.07, 6.45) is 6.30. The highest BCUT2D eigenvalue weighted by Gasteiger charge is 2.34. The number of carboxylic acid groups (broad SMARTS) is 1. The van der Waals surface area contributed by atoms with Gasteiger partial charge in [-0.05, 0) is 43.9 Å². The monoisotopic (exact) mass is 362 g/mol. The molecule has 1 aromatic rings. The standard InChI is InChI=1S/C18H19ClN2O4/c19-15-9-11(7-8-14(15)17(23)20-10-5-6-10)21-16(22)12-3-1-2-4-13(12)18(24)25/h1-2,7-10,12-13H,3-6H2,(H,20,23)(H,21,22)(H,24,25)/t12-,13-/m1/s1. The zero-order chi connectivity index (χ0) is 18.0. The molecule has 2 amide bonds. The van der Waals surface area contributed by atoms with E-state index >= 15 is 0 Å². The van der Waals surface area contributed by atoms with Gasteiger partial charge in [-0.3, -0.25) is 14.4 Å². The Balaban J connectivity index is 1.68. The predicted molar refractivity (Wildman–Crippen MR) is 93.6 cm³/mol. The Morgan fingerprint density at radius 3 is 2.36 bits per heavy atom. The van der Waals surface area contributed by atoms with Crippen LogP contribution in [0.5, 0.6) is 0 Å². The molecule has 0 aliphatic heterocycles. The van der Waals surface area contributed by atoms with Crippen molar-refractivity contribution in [2.24, 2.45) is 11.8 Å². The lowest BCUT2D eigenvalue weighted by atomic mass is 9.82. The minimum atomic E-state index is -0.977. The third-order valence-corrected chi connectivity index (χ3v) is 4.79. The van der Waals surface area contributed by atoms with Crippen LogP contribution in [0, 0.1) is 11.8 Å². The normalized spacial score (nSPS) is 22.3. The molecule has 0 saturated heterocycles. The van der Waals surface area contributed by atoms with Crippen molar-refractivity contribution in [2.75, 3.05) is 5.32 Å². The molecular formula is C18H19ClN2O4. The third kappa shape index (κ3) is 4.20. The first-order chi connectivity index (χ1) is 12.0. The second-order valence-corrected chi connectivity index (χ2v) is 6.83. The Labute approximate surface area is 150 Å².